The van der Waals surface area contributed by atoms with Gasteiger partial charge < -0.3 is 40.0 Å². The Labute approximate surface area is 261 Å². The molecule has 0 unspecified atom stereocenters. The van der Waals surface area contributed by atoms with E-state index in [9.17, 15) is 24.6 Å². The van der Waals surface area contributed by atoms with Gasteiger partial charge in [0.25, 0.3) is 0 Å². The van der Waals surface area contributed by atoms with Crippen LogP contribution in [0.2, 0.25) is 0 Å². The summed E-state index contributed by atoms with van der Waals surface area (Å²) in [5.41, 5.74) is 2.82. The van der Waals surface area contributed by atoms with Gasteiger partial charge in [0.2, 0.25) is 12.7 Å². The van der Waals surface area contributed by atoms with E-state index in [1.165, 1.54) is 0 Å². The summed E-state index contributed by atoms with van der Waals surface area (Å²) in [6, 6.07) is 16.2. The highest BCUT2D eigenvalue weighted by Crippen LogP contribution is 2.34. The maximum atomic E-state index is 13.5. The molecule has 0 aliphatic carbocycles. The van der Waals surface area contributed by atoms with Gasteiger partial charge in [-0.3, -0.25) is 9.69 Å². The molecule has 12 heteroatoms. The van der Waals surface area contributed by atoms with Gasteiger partial charge in [-0.05, 0) is 62.0 Å². The summed E-state index contributed by atoms with van der Waals surface area (Å²) in [6.45, 7) is 5.27. The molecule has 3 aromatic carbocycles. The maximum absolute atomic E-state index is 13.5. The number of aliphatic hydroxyl groups excluding tert-OH is 1. The molecule has 4 N–H and O–H groups in total. The summed E-state index contributed by atoms with van der Waals surface area (Å²) in [6.07, 6.45) is -0.288. The van der Waals surface area contributed by atoms with Gasteiger partial charge >= 0.3 is 12.0 Å². The van der Waals surface area contributed by atoms with Crippen molar-refractivity contribution in [2.75, 3.05) is 44.2 Å². The molecule has 3 atom stereocenters. The van der Waals surface area contributed by atoms with Crippen molar-refractivity contribution in [2.24, 2.45) is 5.92 Å². The molecule has 0 aromatic heterocycles. The number of anilines is 2. The molecule has 5 rings (SSSR count). The zero-order valence-corrected chi connectivity index (χ0v) is 25.5. The predicted molar refractivity (Wildman–Crippen MR) is 167 cm³/mol. The van der Waals surface area contributed by atoms with Gasteiger partial charge in [-0.25, -0.2) is 9.59 Å². The van der Waals surface area contributed by atoms with E-state index in [0.717, 1.165) is 5.56 Å². The SMILES string of the molecule is C[C@@H]1CN([C@H](C)CO)C(=O)Cc2cc(NC(=O)Nc3ccc4c(c3)OCO4)ccc2O[C@H]1CN(C)Cc1ccc(C(=O)O)cc1. The number of amides is 3. The lowest BCUT2D eigenvalue weighted by atomic mass is 10.0. The summed E-state index contributed by atoms with van der Waals surface area (Å²) in [4.78, 5) is 41.4. The normalized spacial score (nSPS) is 18.2. The van der Waals surface area contributed by atoms with Crippen molar-refractivity contribution in [3.8, 4) is 17.2 Å². The molecule has 2 aliphatic rings. The molecule has 2 heterocycles. The number of hydrogen-bond acceptors (Lipinski definition) is 8. The van der Waals surface area contributed by atoms with Crippen LogP contribution in [0.15, 0.2) is 60.7 Å². The van der Waals surface area contributed by atoms with Crippen LogP contribution >= 0.6 is 0 Å². The van der Waals surface area contributed by atoms with Crippen LogP contribution in [-0.4, -0.2) is 83.6 Å². The minimum atomic E-state index is -0.971. The Balaban J connectivity index is 1.33. The third kappa shape index (κ3) is 7.83. The first kappa shape index (κ1) is 31.6. The van der Waals surface area contributed by atoms with Crippen molar-refractivity contribution >= 4 is 29.3 Å². The predicted octanol–water partition coefficient (Wildman–Crippen LogP) is 4.04. The number of urea groups is 1. The largest absolute Gasteiger partial charge is 0.488 e. The Morgan fingerprint density at radius 1 is 1.00 bits per heavy atom. The van der Waals surface area contributed by atoms with Gasteiger partial charge in [-0.2, -0.15) is 0 Å². The first-order valence-corrected chi connectivity index (χ1v) is 14.8. The maximum Gasteiger partial charge on any atom is 0.335 e. The molecular formula is C33H38N4O8. The van der Waals surface area contributed by atoms with Crippen molar-refractivity contribution in [3.05, 3.63) is 77.4 Å². The molecule has 3 aromatic rings. The second-order valence-electron chi connectivity index (χ2n) is 11.6. The lowest BCUT2D eigenvalue weighted by Gasteiger charge is -2.34. The van der Waals surface area contributed by atoms with Crippen LogP contribution < -0.4 is 24.8 Å². The topological polar surface area (TPSA) is 150 Å². The van der Waals surface area contributed by atoms with E-state index in [1.807, 2.05) is 20.9 Å². The lowest BCUT2D eigenvalue weighted by molar-refractivity contribution is -0.134. The number of fused-ring (bicyclic) bond motifs is 2. The Morgan fingerprint density at radius 3 is 2.36 bits per heavy atom. The minimum Gasteiger partial charge on any atom is -0.488 e. The monoisotopic (exact) mass is 618 g/mol. The number of ether oxygens (including phenoxy) is 3. The van der Waals surface area contributed by atoms with Gasteiger partial charge in [0.05, 0.1) is 24.6 Å². The van der Waals surface area contributed by atoms with Crippen molar-refractivity contribution in [1.82, 2.24) is 9.80 Å². The van der Waals surface area contributed by atoms with E-state index in [0.29, 0.717) is 53.8 Å². The van der Waals surface area contributed by atoms with E-state index < -0.39 is 12.0 Å². The number of carbonyl (C=O) groups is 3. The van der Waals surface area contributed by atoms with Crippen LogP contribution in [-0.2, 0) is 17.8 Å². The fraction of sp³-hybridized carbons (Fsp3) is 0.364. The number of aromatic carboxylic acids is 1. The molecule has 238 valence electrons. The summed E-state index contributed by atoms with van der Waals surface area (Å²) in [5, 5.41) is 24.7. The first-order chi connectivity index (χ1) is 21.6. The average Bonchev–Trinajstić information content (AvgIpc) is 3.49. The highest BCUT2D eigenvalue weighted by atomic mass is 16.7. The molecule has 3 amide bonds. The van der Waals surface area contributed by atoms with E-state index in [4.69, 9.17) is 14.2 Å². The summed E-state index contributed by atoms with van der Waals surface area (Å²) >= 11 is 0. The number of rotatable bonds is 9. The number of nitrogens with one attached hydrogen (secondary N) is 2. The molecule has 0 bridgehead atoms. The molecule has 45 heavy (non-hydrogen) atoms. The van der Waals surface area contributed by atoms with E-state index >= 15 is 0 Å². The number of likely N-dealkylation sites (N-methyl/N-ethyl adjacent to an activating group) is 1. The minimum absolute atomic E-state index is 0.0319. The van der Waals surface area contributed by atoms with Crippen LogP contribution in [0.5, 0.6) is 17.2 Å². The quantitative estimate of drug-likeness (QED) is 0.279. The Kier molecular flexibility index (Phi) is 9.74. The molecule has 0 saturated carbocycles. The van der Waals surface area contributed by atoms with E-state index in [1.54, 1.807) is 65.6 Å². The third-order valence-electron chi connectivity index (χ3n) is 7.95. The van der Waals surface area contributed by atoms with Gasteiger partial charge in [-0.15, -0.1) is 0 Å². The number of carbonyl (C=O) groups excluding carboxylic acids is 2. The molecule has 0 fully saturated rings. The van der Waals surface area contributed by atoms with E-state index in [2.05, 4.69) is 15.5 Å². The fourth-order valence-electron chi connectivity index (χ4n) is 5.43. The fourth-order valence-corrected chi connectivity index (χ4v) is 5.43. The number of benzene rings is 3. The third-order valence-corrected chi connectivity index (χ3v) is 7.95. The Morgan fingerprint density at radius 2 is 1.67 bits per heavy atom. The van der Waals surface area contributed by atoms with Crippen molar-refractivity contribution in [3.63, 3.8) is 0 Å². The molecule has 0 saturated heterocycles. The average molecular weight is 619 g/mol. The number of carboxylic acids is 1. The lowest BCUT2D eigenvalue weighted by Crippen LogP contribution is -2.47. The zero-order chi connectivity index (χ0) is 32.1. The molecule has 12 nitrogen and oxygen atoms in total. The highest BCUT2D eigenvalue weighted by molar-refractivity contribution is 6.00. The molecule has 0 radical (unpaired) electrons. The standard InChI is InChI=1S/C33H38N4O8/c1-20-15-37(21(2)18-38)31(39)13-24-12-25(34-33(42)35-26-9-11-28-29(14-26)44-19-43-28)8-10-27(24)45-30(20)17-36(3)16-22-4-6-23(7-5-22)32(40)41/h4-12,14,20-21,30,38H,13,15-19H2,1-3H3,(H,40,41)(H2,34,35,42)/t20-,21-,30+/m1/s1. The second kappa shape index (κ2) is 13.9. The summed E-state index contributed by atoms with van der Waals surface area (Å²) in [7, 11) is 1.96. The van der Waals surface area contributed by atoms with Gasteiger partial charge in [-0.1, -0.05) is 19.1 Å². The molecule has 0 spiro atoms. The first-order valence-electron chi connectivity index (χ1n) is 14.8. The van der Waals surface area contributed by atoms with E-state index in [-0.39, 0.29) is 49.4 Å². The van der Waals surface area contributed by atoms with Crippen molar-refractivity contribution < 1.29 is 38.8 Å². The van der Waals surface area contributed by atoms with Crippen LogP contribution in [0.1, 0.15) is 35.3 Å². The number of carboxylic acid groups (broad SMARTS) is 1. The van der Waals surface area contributed by atoms with Gasteiger partial charge in [0, 0.05) is 48.6 Å². The van der Waals surface area contributed by atoms with Crippen LogP contribution in [0.4, 0.5) is 16.2 Å². The highest BCUT2D eigenvalue weighted by Gasteiger charge is 2.31. The number of hydrogen-bond donors (Lipinski definition) is 4. The zero-order valence-electron chi connectivity index (χ0n) is 25.5. The van der Waals surface area contributed by atoms with Crippen LogP contribution in [0, 0.1) is 5.92 Å². The number of nitrogens with zero attached hydrogens (tertiary/aromatic N) is 2. The van der Waals surface area contributed by atoms with Crippen molar-refractivity contribution in [2.45, 2.75) is 39.0 Å². The van der Waals surface area contributed by atoms with Gasteiger partial charge in [0.15, 0.2) is 11.5 Å². The van der Waals surface area contributed by atoms with Crippen LogP contribution in [0.25, 0.3) is 0 Å². The number of aliphatic hydroxyl groups is 1. The summed E-state index contributed by atoms with van der Waals surface area (Å²) < 4.78 is 17.3. The Hall–Kier alpha value is -4.81. The smallest absolute Gasteiger partial charge is 0.335 e. The Bertz CT molecular complexity index is 1550. The summed E-state index contributed by atoms with van der Waals surface area (Å²) in [5.74, 6) is 0.494. The van der Waals surface area contributed by atoms with Crippen molar-refractivity contribution in [1.29, 1.82) is 0 Å². The molecular weight excluding hydrogens is 580 g/mol. The molecule has 2 aliphatic heterocycles. The van der Waals surface area contributed by atoms with Gasteiger partial charge in [0.1, 0.15) is 11.9 Å². The second-order valence-corrected chi connectivity index (χ2v) is 11.6. The van der Waals surface area contributed by atoms with Crippen LogP contribution in [0.3, 0.4) is 0 Å².